The fraction of sp³-hybridized carbons (Fsp3) is 0. The van der Waals surface area contributed by atoms with Crippen molar-refractivity contribution in [1.29, 1.82) is 0 Å². The van der Waals surface area contributed by atoms with Crippen LogP contribution in [0.4, 0.5) is 0 Å². The number of thioether (sulfide) groups is 1. The topological polar surface area (TPSA) is 17.1 Å². The molecule has 1 aliphatic heterocycles. The average Bonchev–Trinajstić information content (AvgIpc) is 1.89. The Bertz CT molecular complexity index is 201. The van der Waals surface area contributed by atoms with Gasteiger partial charge >= 0.3 is 0 Å². The molecule has 0 aromatic rings. The number of hydrogen-bond donors (Lipinski definition) is 0. The van der Waals surface area contributed by atoms with Crippen LogP contribution < -0.4 is 0 Å². The molecule has 46 valence electrons. The number of aldehydes is 1. The lowest BCUT2D eigenvalue weighted by molar-refractivity contribution is -0.104. The quantitative estimate of drug-likeness (QED) is 0.515. The monoisotopic (exact) mass is 138 g/mol. The van der Waals surface area contributed by atoms with Gasteiger partial charge in [0.25, 0.3) is 0 Å². The van der Waals surface area contributed by atoms with Crippen LogP contribution in [0.25, 0.3) is 0 Å². The Morgan fingerprint density at radius 3 is 2.89 bits per heavy atom. The molecule has 2 heteroatoms. The maximum atomic E-state index is 10.2. The van der Waals surface area contributed by atoms with E-state index < -0.39 is 0 Å². The molecule has 0 N–H and O–H groups in total. The van der Waals surface area contributed by atoms with Gasteiger partial charge in [-0.1, -0.05) is 6.58 Å². The van der Waals surface area contributed by atoms with E-state index in [1.807, 2.05) is 11.5 Å². The van der Waals surface area contributed by atoms with Crippen LogP contribution in [0.3, 0.4) is 0 Å². The van der Waals surface area contributed by atoms with Gasteiger partial charge in [-0.25, -0.2) is 0 Å². The molecule has 0 aliphatic carbocycles. The molecule has 0 radical (unpaired) electrons. The summed E-state index contributed by atoms with van der Waals surface area (Å²) in [6.07, 6.45) is 2.65. The molecule has 0 unspecified atom stereocenters. The third-order valence-corrected chi connectivity index (χ3v) is 1.72. The minimum Gasteiger partial charge on any atom is -0.298 e. The van der Waals surface area contributed by atoms with E-state index in [0.29, 0.717) is 5.57 Å². The van der Waals surface area contributed by atoms with E-state index in [0.717, 1.165) is 11.9 Å². The zero-order valence-electron chi connectivity index (χ0n) is 4.83. The summed E-state index contributed by atoms with van der Waals surface area (Å²) in [6.45, 7) is 3.67. The molecule has 0 amide bonds. The maximum Gasteiger partial charge on any atom is 0.151 e. The molecule has 0 aromatic heterocycles. The van der Waals surface area contributed by atoms with Gasteiger partial charge in [-0.2, -0.15) is 0 Å². The zero-order valence-corrected chi connectivity index (χ0v) is 5.65. The van der Waals surface area contributed by atoms with Crippen LogP contribution >= 0.6 is 11.8 Å². The van der Waals surface area contributed by atoms with Crippen molar-refractivity contribution >= 4 is 18.0 Å². The van der Waals surface area contributed by atoms with Gasteiger partial charge in [-0.05, 0) is 22.5 Å². The smallest absolute Gasteiger partial charge is 0.151 e. The molecule has 0 bridgehead atoms. The molecule has 0 fully saturated rings. The summed E-state index contributed by atoms with van der Waals surface area (Å²) in [6, 6.07) is 0. The van der Waals surface area contributed by atoms with Crippen molar-refractivity contribution in [2.24, 2.45) is 0 Å². The highest BCUT2D eigenvalue weighted by atomic mass is 32.2. The second-order valence-electron chi connectivity index (χ2n) is 1.66. The fourth-order valence-corrected chi connectivity index (χ4v) is 1.18. The first kappa shape index (κ1) is 6.36. The van der Waals surface area contributed by atoms with Crippen LogP contribution in [0.2, 0.25) is 0 Å². The van der Waals surface area contributed by atoms with Gasteiger partial charge in [-0.3, -0.25) is 4.79 Å². The fourth-order valence-electron chi connectivity index (χ4n) is 0.509. The molecule has 1 nitrogen and oxygen atoms in total. The summed E-state index contributed by atoms with van der Waals surface area (Å²) in [5.41, 5.74) is 1.48. The average molecular weight is 138 g/mol. The van der Waals surface area contributed by atoms with E-state index in [4.69, 9.17) is 0 Å². The lowest BCUT2D eigenvalue weighted by Crippen LogP contribution is -1.87. The number of allylic oxidation sites excluding steroid dienone is 3. The van der Waals surface area contributed by atoms with Crippen LogP contribution in [0.15, 0.2) is 34.6 Å². The van der Waals surface area contributed by atoms with Crippen molar-refractivity contribution in [2.75, 3.05) is 0 Å². The first-order valence-corrected chi connectivity index (χ1v) is 3.45. The van der Waals surface area contributed by atoms with E-state index in [-0.39, 0.29) is 0 Å². The van der Waals surface area contributed by atoms with Crippen molar-refractivity contribution in [1.82, 2.24) is 0 Å². The molecular formula is C7H6OS. The normalized spacial score (nSPS) is 17.3. The Morgan fingerprint density at radius 2 is 2.44 bits per heavy atom. The molecule has 0 saturated carbocycles. The van der Waals surface area contributed by atoms with Crippen molar-refractivity contribution in [3.63, 3.8) is 0 Å². The lowest BCUT2D eigenvalue weighted by Gasteiger charge is -2.01. The summed E-state index contributed by atoms with van der Waals surface area (Å²) in [7, 11) is 0. The Labute approximate surface area is 58.1 Å². The molecule has 0 saturated heterocycles. The Morgan fingerprint density at radius 1 is 1.67 bits per heavy atom. The van der Waals surface area contributed by atoms with Crippen LogP contribution in [-0.4, -0.2) is 6.29 Å². The molecule has 1 aliphatic rings. The van der Waals surface area contributed by atoms with Gasteiger partial charge in [0.15, 0.2) is 6.29 Å². The Kier molecular flexibility index (Phi) is 1.90. The first-order valence-electron chi connectivity index (χ1n) is 2.51. The van der Waals surface area contributed by atoms with Gasteiger partial charge in [0, 0.05) is 5.57 Å². The van der Waals surface area contributed by atoms with Gasteiger partial charge in [-0.15, -0.1) is 11.8 Å². The highest BCUT2D eigenvalue weighted by Gasteiger charge is 1.99. The molecule has 9 heavy (non-hydrogen) atoms. The second kappa shape index (κ2) is 2.69. The lowest BCUT2D eigenvalue weighted by atomic mass is 10.1. The van der Waals surface area contributed by atoms with Crippen molar-refractivity contribution in [3.8, 4) is 0 Å². The summed E-state index contributed by atoms with van der Waals surface area (Å²) in [5, 5.41) is 3.69. The Balaban J connectivity index is 2.82. The van der Waals surface area contributed by atoms with Gasteiger partial charge in [0.2, 0.25) is 0 Å². The standard InChI is InChI=1S/C7H6OS/c1-6-2-3-9-5-7(6)4-8/h2-5H,1H2. The maximum absolute atomic E-state index is 10.2. The molecule has 1 heterocycles. The third kappa shape index (κ3) is 1.33. The predicted molar refractivity (Wildman–Crippen MR) is 40.0 cm³/mol. The van der Waals surface area contributed by atoms with Crippen molar-refractivity contribution in [3.05, 3.63) is 34.6 Å². The molecule has 0 spiro atoms. The van der Waals surface area contributed by atoms with Gasteiger partial charge < -0.3 is 0 Å². The SMILES string of the molecule is C=C1C=CSC=C1C=O. The van der Waals surface area contributed by atoms with Crippen molar-refractivity contribution in [2.45, 2.75) is 0 Å². The Hall–Kier alpha value is -0.760. The second-order valence-corrected chi connectivity index (χ2v) is 2.44. The van der Waals surface area contributed by atoms with E-state index >= 15 is 0 Å². The molecule has 0 atom stereocenters. The van der Waals surface area contributed by atoms with E-state index in [1.54, 1.807) is 5.41 Å². The van der Waals surface area contributed by atoms with Crippen LogP contribution in [0.1, 0.15) is 0 Å². The van der Waals surface area contributed by atoms with Crippen molar-refractivity contribution < 1.29 is 4.79 Å². The van der Waals surface area contributed by atoms with E-state index in [9.17, 15) is 4.79 Å². The first-order chi connectivity index (χ1) is 4.34. The molecule has 0 aromatic carbocycles. The summed E-state index contributed by atoms with van der Waals surface area (Å²) < 4.78 is 0. The van der Waals surface area contributed by atoms with Gasteiger partial charge in [0.1, 0.15) is 0 Å². The third-order valence-electron chi connectivity index (χ3n) is 1.04. The molecule has 1 rings (SSSR count). The minimum atomic E-state index is 0.683. The summed E-state index contributed by atoms with van der Waals surface area (Å²) >= 11 is 1.50. The van der Waals surface area contributed by atoms with Crippen LogP contribution in [0.5, 0.6) is 0 Å². The number of carbonyl (C=O) groups excluding carboxylic acids is 1. The number of rotatable bonds is 1. The van der Waals surface area contributed by atoms with E-state index in [2.05, 4.69) is 6.58 Å². The summed E-state index contributed by atoms with van der Waals surface area (Å²) in [5.74, 6) is 0. The predicted octanol–water partition coefficient (Wildman–Crippen LogP) is 1.89. The van der Waals surface area contributed by atoms with Crippen LogP contribution in [-0.2, 0) is 4.79 Å². The number of carbonyl (C=O) groups is 1. The zero-order chi connectivity index (χ0) is 6.69. The van der Waals surface area contributed by atoms with E-state index in [1.165, 1.54) is 11.8 Å². The summed E-state index contributed by atoms with van der Waals surface area (Å²) in [4.78, 5) is 10.2. The molecular weight excluding hydrogens is 132 g/mol. The minimum absolute atomic E-state index is 0.683. The van der Waals surface area contributed by atoms with Crippen LogP contribution in [0, 0.1) is 0 Å². The highest BCUT2D eigenvalue weighted by molar-refractivity contribution is 8.05. The van der Waals surface area contributed by atoms with Gasteiger partial charge in [0.05, 0.1) is 0 Å². The largest absolute Gasteiger partial charge is 0.298 e. The highest BCUT2D eigenvalue weighted by Crippen LogP contribution is 2.20. The number of hydrogen-bond acceptors (Lipinski definition) is 2.